The van der Waals surface area contributed by atoms with E-state index < -0.39 is 11.9 Å². The second-order valence-electron chi connectivity index (χ2n) is 5.11. The van der Waals surface area contributed by atoms with Gasteiger partial charge in [-0.15, -0.1) is 0 Å². The molecule has 0 radical (unpaired) electrons. The Kier molecular flexibility index (Phi) is 4.44. The largest absolute Gasteiger partial charge is 0.494 e. The highest BCUT2D eigenvalue weighted by molar-refractivity contribution is 6.04. The third kappa shape index (κ3) is 3.07. The molecule has 1 aromatic heterocycles. The molecule has 25 heavy (non-hydrogen) atoms. The minimum atomic E-state index is -1.12. The summed E-state index contributed by atoms with van der Waals surface area (Å²) < 4.78 is 10.5. The Morgan fingerprint density at radius 1 is 1.04 bits per heavy atom. The molecule has 3 aromatic rings. The molecule has 0 aliphatic carbocycles. The lowest BCUT2D eigenvalue weighted by atomic mass is 10.1. The Morgan fingerprint density at radius 3 is 2.44 bits per heavy atom. The SMILES string of the molecule is COc1ccc(OC(=O)CCO)c2nc3cccc(C(=O)O)c3nc12. The van der Waals surface area contributed by atoms with Crippen LogP contribution in [-0.4, -0.2) is 45.8 Å². The molecule has 128 valence electrons. The summed E-state index contributed by atoms with van der Waals surface area (Å²) in [5, 5.41) is 18.2. The number of hydrogen-bond acceptors (Lipinski definition) is 7. The molecule has 0 saturated carbocycles. The molecule has 8 nitrogen and oxygen atoms in total. The quantitative estimate of drug-likeness (QED) is 0.409. The number of para-hydroxylation sites is 1. The van der Waals surface area contributed by atoms with Crippen LogP contribution in [0.3, 0.4) is 0 Å². The maximum atomic E-state index is 11.7. The first-order chi connectivity index (χ1) is 12.0. The number of aliphatic hydroxyl groups is 1. The first kappa shape index (κ1) is 16.6. The van der Waals surface area contributed by atoms with Gasteiger partial charge in [0.15, 0.2) is 5.75 Å². The molecule has 0 spiro atoms. The number of rotatable bonds is 5. The number of carbonyl (C=O) groups excluding carboxylic acids is 1. The Hall–Kier alpha value is -3.26. The molecule has 0 unspecified atom stereocenters. The Bertz CT molecular complexity index is 986. The zero-order chi connectivity index (χ0) is 18.0. The number of ether oxygens (including phenoxy) is 2. The van der Waals surface area contributed by atoms with E-state index in [2.05, 4.69) is 9.97 Å². The van der Waals surface area contributed by atoms with Crippen LogP contribution in [0.4, 0.5) is 0 Å². The summed E-state index contributed by atoms with van der Waals surface area (Å²) in [6.45, 7) is -0.330. The second kappa shape index (κ2) is 6.70. The second-order valence-corrected chi connectivity index (χ2v) is 5.11. The molecule has 0 aliphatic heterocycles. The third-order valence-electron chi connectivity index (χ3n) is 3.54. The van der Waals surface area contributed by atoms with Gasteiger partial charge >= 0.3 is 11.9 Å². The van der Waals surface area contributed by atoms with Crippen LogP contribution in [0.1, 0.15) is 16.8 Å². The lowest BCUT2D eigenvalue weighted by Crippen LogP contribution is -2.10. The summed E-state index contributed by atoms with van der Waals surface area (Å²) in [7, 11) is 1.45. The number of fused-ring (bicyclic) bond motifs is 2. The molecule has 0 amide bonds. The maximum absolute atomic E-state index is 11.7. The molecule has 2 N–H and O–H groups in total. The van der Waals surface area contributed by atoms with Crippen molar-refractivity contribution in [3.8, 4) is 11.5 Å². The number of nitrogens with zero attached hydrogens (tertiary/aromatic N) is 2. The van der Waals surface area contributed by atoms with Crippen molar-refractivity contribution in [1.82, 2.24) is 9.97 Å². The van der Waals surface area contributed by atoms with Gasteiger partial charge < -0.3 is 19.7 Å². The van der Waals surface area contributed by atoms with E-state index in [0.29, 0.717) is 11.3 Å². The van der Waals surface area contributed by atoms with E-state index in [1.54, 1.807) is 18.2 Å². The summed E-state index contributed by atoms with van der Waals surface area (Å²) in [6, 6.07) is 7.67. The molecular formula is C17H14N2O6. The van der Waals surface area contributed by atoms with Gasteiger partial charge in [0.05, 0.1) is 31.2 Å². The van der Waals surface area contributed by atoms with Crippen molar-refractivity contribution >= 4 is 34.0 Å². The molecule has 2 aromatic carbocycles. The number of methoxy groups -OCH3 is 1. The monoisotopic (exact) mass is 342 g/mol. The predicted molar refractivity (Wildman–Crippen MR) is 87.9 cm³/mol. The van der Waals surface area contributed by atoms with Crippen LogP contribution in [0.25, 0.3) is 22.1 Å². The molecule has 0 saturated heterocycles. The van der Waals surface area contributed by atoms with Gasteiger partial charge in [-0.05, 0) is 24.3 Å². The number of carboxylic acid groups (broad SMARTS) is 1. The van der Waals surface area contributed by atoms with Crippen molar-refractivity contribution in [1.29, 1.82) is 0 Å². The van der Waals surface area contributed by atoms with Crippen LogP contribution in [0.15, 0.2) is 30.3 Å². The van der Waals surface area contributed by atoms with Crippen molar-refractivity contribution in [3.63, 3.8) is 0 Å². The molecule has 0 aliphatic rings. The Balaban J connectivity index is 2.28. The molecule has 0 fully saturated rings. The zero-order valence-electron chi connectivity index (χ0n) is 13.2. The van der Waals surface area contributed by atoms with Gasteiger partial charge in [0.25, 0.3) is 0 Å². The molecule has 0 bridgehead atoms. The lowest BCUT2D eigenvalue weighted by Gasteiger charge is -2.11. The van der Waals surface area contributed by atoms with Gasteiger partial charge in [-0.1, -0.05) is 6.07 Å². The minimum absolute atomic E-state index is 0.0108. The number of hydrogen-bond donors (Lipinski definition) is 2. The standard InChI is InChI=1S/C17H14N2O6/c1-24-11-5-6-12(25-13(21)7-8-20)16-15(11)19-14-9(17(22)23)3-2-4-10(14)18-16/h2-6,20H,7-8H2,1H3,(H,22,23). The number of aromatic carboxylic acids is 1. The number of benzene rings is 2. The third-order valence-corrected chi connectivity index (χ3v) is 3.54. The van der Waals surface area contributed by atoms with Crippen LogP contribution in [0.2, 0.25) is 0 Å². The van der Waals surface area contributed by atoms with Gasteiger partial charge in [-0.2, -0.15) is 0 Å². The van der Waals surface area contributed by atoms with E-state index in [1.165, 1.54) is 19.2 Å². The van der Waals surface area contributed by atoms with Crippen molar-refractivity contribution in [2.24, 2.45) is 0 Å². The van der Waals surface area contributed by atoms with E-state index in [4.69, 9.17) is 14.6 Å². The van der Waals surface area contributed by atoms with E-state index in [-0.39, 0.29) is 40.9 Å². The van der Waals surface area contributed by atoms with Crippen LogP contribution < -0.4 is 9.47 Å². The highest BCUT2D eigenvalue weighted by Crippen LogP contribution is 2.32. The van der Waals surface area contributed by atoms with Gasteiger partial charge in [0, 0.05) is 0 Å². The molecule has 3 rings (SSSR count). The van der Waals surface area contributed by atoms with Crippen LogP contribution in [0.5, 0.6) is 11.5 Å². The van der Waals surface area contributed by atoms with Crippen LogP contribution in [-0.2, 0) is 4.79 Å². The first-order valence-electron chi connectivity index (χ1n) is 7.37. The highest BCUT2D eigenvalue weighted by Gasteiger charge is 2.17. The minimum Gasteiger partial charge on any atom is -0.494 e. The van der Waals surface area contributed by atoms with Gasteiger partial charge in [0.1, 0.15) is 22.3 Å². The summed E-state index contributed by atoms with van der Waals surface area (Å²) in [5.41, 5.74) is 1.11. The van der Waals surface area contributed by atoms with E-state index >= 15 is 0 Å². The Morgan fingerprint density at radius 2 is 1.76 bits per heavy atom. The number of esters is 1. The smallest absolute Gasteiger partial charge is 0.337 e. The summed E-state index contributed by atoms with van der Waals surface area (Å²) in [5.74, 6) is -1.21. The average Bonchev–Trinajstić information content (AvgIpc) is 2.60. The Labute approximate surface area is 141 Å². The number of carboxylic acids is 1. The summed E-state index contributed by atoms with van der Waals surface area (Å²) in [6.07, 6.45) is -0.155. The molecular weight excluding hydrogens is 328 g/mol. The fraction of sp³-hybridized carbons (Fsp3) is 0.176. The van der Waals surface area contributed by atoms with E-state index in [1.807, 2.05) is 0 Å². The summed E-state index contributed by atoms with van der Waals surface area (Å²) in [4.78, 5) is 31.8. The normalized spacial score (nSPS) is 10.8. The van der Waals surface area contributed by atoms with Crippen molar-refractivity contribution < 1.29 is 29.3 Å². The first-order valence-corrected chi connectivity index (χ1v) is 7.37. The van der Waals surface area contributed by atoms with Gasteiger partial charge in [0.2, 0.25) is 0 Å². The van der Waals surface area contributed by atoms with E-state index in [0.717, 1.165) is 0 Å². The topological polar surface area (TPSA) is 119 Å². The van der Waals surface area contributed by atoms with Crippen molar-refractivity contribution in [3.05, 3.63) is 35.9 Å². The maximum Gasteiger partial charge on any atom is 0.337 e. The van der Waals surface area contributed by atoms with Crippen molar-refractivity contribution in [2.45, 2.75) is 6.42 Å². The molecule has 8 heteroatoms. The average molecular weight is 342 g/mol. The van der Waals surface area contributed by atoms with E-state index in [9.17, 15) is 14.7 Å². The zero-order valence-corrected chi connectivity index (χ0v) is 13.2. The summed E-state index contributed by atoms with van der Waals surface area (Å²) >= 11 is 0. The fourth-order valence-corrected chi connectivity index (χ4v) is 2.41. The van der Waals surface area contributed by atoms with Crippen LogP contribution >= 0.6 is 0 Å². The predicted octanol–water partition coefficient (Wildman–Crippen LogP) is 1.78. The number of aromatic nitrogens is 2. The lowest BCUT2D eigenvalue weighted by molar-refractivity contribution is -0.135. The van der Waals surface area contributed by atoms with Gasteiger partial charge in [-0.3, -0.25) is 4.79 Å². The van der Waals surface area contributed by atoms with Crippen molar-refractivity contribution in [2.75, 3.05) is 13.7 Å². The highest BCUT2D eigenvalue weighted by atomic mass is 16.5. The fourth-order valence-electron chi connectivity index (χ4n) is 2.41. The van der Waals surface area contributed by atoms with Gasteiger partial charge in [-0.25, -0.2) is 14.8 Å². The molecule has 1 heterocycles. The number of carbonyl (C=O) groups is 2. The molecule has 0 atom stereocenters. The van der Waals surface area contributed by atoms with Crippen LogP contribution in [0, 0.1) is 0 Å². The number of aliphatic hydroxyl groups excluding tert-OH is 1.